The maximum Gasteiger partial charge on any atom is 0.163 e. The predicted octanol–water partition coefficient (Wildman–Crippen LogP) is 1.94. The van der Waals surface area contributed by atoms with Crippen molar-refractivity contribution in [3.05, 3.63) is 29.0 Å². The maximum absolute atomic E-state index is 9.05. The van der Waals surface area contributed by atoms with Crippen LogP contribution in [0, 0.1) is 11.3 Å². The smallest absolute Gasteiger partial charge is 0.163 e. The fraction of sp³-hybridized carbons (Fsp3) is 0.286. The maximum atomic E-state index is 9.05. The van der Waals surface area contributed by atoms with Gasteiger partial charge in [0.2, 0.25) is 0 Å². The van der Waals surface area contributed by atoms with Gasteiger partial charge < -0.3 is 10.6 Å². The van der Waals surface area contributed by atoms with E-state index in [1.165, 1.54) is 0 Å². The summed E-state index contributed by atoms with van der Waals surface area (Å²) in [6.45, 7) is 0.813. The van der Waals surface area contributed by atoms with Crippen LogP contribution in [0.4, 0.5) is 11.6 Å². The number of nitrogens with two attached hydrogens (primary N) is 1. The molecule has 0 unspecified atom stereocenters. The summed E-state index contributed by atoms with van der Waals surface area (Å²) in [5, 5.41) is 17.8. The quantitative estimate of drug-likeness (QED) is 0.745. The van der Waals surface area contributed by atoms with Crippen LogP contribution < -0.4 is 10.6 Å². The molecule has 0 bridgehead atoms. The van der Waals surface area contributed by atoms with Crippen LogP contribution in [0.1, 0.15) is 17.7 Å². The number of H-pyrrole nitrogens is 1. The molecule has 0 amide bonds. The van der Waals surface area contributed by atoms with E-state index in [0.29, 0.717) is 5.56 Å². The Bertz CT molecular complexity index is 829. The van der Waals surface area contributed by atoms with Gasteiger partial charge in [0.15, 0.2) is 5.82 Å². The topological polar surface area (TPSA) is 108 Å². The number of aromatic nitrogens is 4. The molecule has 3 rings (SSSR count). The molecule has 0 radical (unpaired) electrons. The van der Waals surface area contributed by atoms with Gasteiger partial charge in [-0.15, -0.1) is 11.3 Å². The molecule has 0 spiro atoms. The number of aryl methyl sites for hydroxylation is 1. The standard InChI is InChI=1S/C14H15N7S/c1-21(14-12-11(4-6-22-12)17-8-18-14)5-2-3-10-9(7-15)13(16)20-19-10/h4,6,8H,2-3,5H2,1H3,(H3,16,19,20). The lowest BCUT2D eigenvalue weighted by molar-refractivity contribution is 0.761. The molecular weight excluding hydrogens is 298 g/mol. The third-order valence-corrected chi connectivity index (χ3v) is 4.39. The van der Waals surface area contributed by atoms with Gasteiger partial charge in [0.05, 0.1) is 15.9 Å². The number of anilines is 2. The first kappa shape index (κ1) is 14.3. The van der Waals surface area contributed by atoms with Crippen LogP contribution in [0.15, 0.2) is 17.8 Å². The molecule has 0 saturated heterocycles. The molecule has 22 heavy (non-hydrogen) atoms. The normalized spacial score (nSPS) is 10.7. The first-order valence-electron chi connectivity index (χ1n) is 6.83. The summed E-state index contributed by atoms with van der Waals surface area (Å²) in [6.07, 6.45) is 3.17. The van der Waals surface area contributed by atoms with Crippen molar-refractivity contribution in [2.24, 2.45) is 0 Å². The predicted molar refractivity (Wildman–Crippen MR) is 86.7 cm³/mol. The van der Waals surface area contributed by atoms with Gasteiger partial charge in [0.25, 0.3) is 0 Å². The van der Waals surface area contributed by atoms with Crippen LogP contribution in [-0.2, 0) is 6.42 Å². The molecular formula is C14H15N7S. The van der Waals surface area contributed by atoms with Crippen LogP contribution in [0.5, 0.6) is 0 Å². The zero-order valence-electron chi connectivity index (χ0n) is 12.1. The molecule has 7 nitrogen and oxygen atoms in total. The zero-order valence-corrected chi connectivity index (χ0v) is 12.9. The van der Waals surface area contributed by atoms with Gasteiger partial charge >= 0.3 is 0 Å². The van der Waals surface area contributed by atoms with E-state index in [0.717, 1.165) is 41.1 Å². The highest BCUT2D eigenvalue weighted by molar-refractivity contribution is 7.17. The first-order chi connectivity index (χ1) is 10.7. The fourth-order valence-corrected chi connectivity index (χ4v) is 3.23. The second kappa shape index (κ2) is 5.99. The van der Waals surface area contributed by atoms with Crippen molar-refractivity contribution >= 4 is 33.2 Å². The summed E-state index contributed by atoms with van der Waals surface area (Å²) in [5.41, 5.74) is 7.84. The summed E-state index contributed by atoms with van der Waals surface area (Å²) in [7, 11) is 2.01. The van der Waals surface area contributed by atoms with Crippen molar-refractivity contribution in [3.63, 3.8) is 0 Å². The van der Waals surface area contributed by atoms with Crippen molar-refractivity contribution in [1.82, 2.24) is 20.2 Å². The molecule has 3 N–H and O–H groups in total. The largest absolute Gasteiger partial charge is 0.381 e. The van der Waals surface area contributed by atoms with E-state index in [1.807, 2.05) is 18.5 Å². The first-order valence-corrected chi connectivity index (χ1v) is 7.71. The number of hydrogen-bond acceptors (Lipinski definition) is 7. The lowest BCUT2D eigenvalue weighted by Crippen LogP contribution is -2.20. The third-order valence-electron chi connectivity index (χ3n) is 3.49. The van der Waals surface area contributed by atoms with Gasteiger partial charge in [-0.1, -0.05) is 0 Å². The average molecular weight is 313 g/mol. The molecule has 0 saturated carbocycles. The molecule has 0 fully saturated rings. The Labute approximate surface area is 131 Å². The number of thiophene rings is 1. The van der Waals surface area contributed by atoms with Crippen LogP contribution in [0.2, 0.25) is 0 Å². The second-order valence-electron chi connectivity index (χ2n) is 4.93. The highest BCUT2D eigenvalue weighted by atomic mass is 32.1. The van der Waals surface area contributed by atoms with Crippen molar-refractivity contribution in [2.45, 2.75) is 12.8 Å². The highest BCUT2D eigenvalue weighted by Crippen LogP contribution is 2.27. The number of nitrogen functional groups attached to an aromatic ring is 1. The molecule has 0 aromatic carbocycles. The van der Waals surface area contributed by atoms with Gasteiger partial charge in [-0.25, -0.2) is 9.97 Å². The molecule has 3 aromatic rings. The number of aromatic amines is 1. The Morgan fingerprint density at radius 1 is 1.45 bits per heavy atom. The number of nitrogens with zero attached hydrogens (tertiary/aromatic N) is 5. The third kappa shape index (κ3) is 2.58. The van der Waals surface area contributed by atoms with Crippen molar-refractivity contribution < 1.29 is 0 Å². The van der Waals surface area contributed by atoms with Gasteiger partial charge in [0.1, 0.15) is 23.8 Å². The van der Waals surface area contributed by atoms with Crippen LogP contribution >= 0.6 is 11.3 Å². The molecule has 3 aromatic heterocycles. The second-order valence-corrected chi connectivity index (χ2v) is 5.85. The van der Waals surface area contributed by atoms with E-state index in [-0.39, 0.29) is 5.82 Å². The molecule has 0 atom stereocenters. The Morgan fingerprint density at radius 3 is 3.14 bits per heavy atom. The Morgan fingerprint density at radius 2 is 2.32 bits per heavy atom. The van der Waals surface area contributed by atoms with Gasteiger partial charge in [-0.05, 0) is 24.3 Å². The van der Waals surface area contributed by atoms with E-state index in [2.05, 4.69) is 31.1 Å². The summed E-state index contributed by atoms with van der Waals surface area (Å²) >= 11 is 1.64. The molecule has 112 valence electrons. The highest BCUT2D eigenvalue weighted by Gasteiger charge is 2.12. The van der Waals surface area contributed by atoms with Crippen LogP contribution in [-0.4, -0.2) is 33.8 Å². The van der Waals surface area contributed by atoms with E-state index < -0.39 is 0 Å². The van der Waals surface area contributed by atoms with Gasteiger partial charge in [-0.3, -0.25) is 5.10 Å². The monoisotopic (exact) mass is 313 g/mol. The van der Waals surface area contributed by atoms with E-state index in [1.54, 1.807) is 17.7 Å². The summed E-state index contributed by atoms with van der Waals surface area (Å²) < 4.78 is 1.09. The van der Waals surface area contributed by atoms with Crippen molar-refractivity contribution in [1.29, 1.82) is 5.26 Å². The zero-order chi connectivity index (χ0) is 15.5. The van der Waals surface area contributed by atoms with Crippen molar-refractivity contribution in [2.75, 3.05) is 24.2 Å². The molecule has 0 aliphatic rings. The van der Waals surface area contributed by atoms with E-state index in [9.17, 15) is 0 Å². The Balaban J connectivity index is 1.67. The van der Waals surface area contributed by atoms with Gasteiger partial charge in [0, 0.05) is 13.6 Å². The number of nitriles is 1. The number of fused-ring (bicyclic) bond motifs is 1. The van der Waals surface area contributed by atoms with Crippen molar-refractivity contribution in [3.8, 4) is 6.07 Å². The number of hydrogen-bond donors (Lipinski definition) is 2. The van der Waals surface area contributed by atoms with E-state index >= 15 is 0 Å². The minimum absolute atomic E-state index is 0.266. The van der Waals surface area contributed by atoms with E-state index in [4.69, 9.17) is 11.0 Å². The molecule has 0 aliphatic carbocycles. The molecule has 0 aliphatic heterocycles. The average Bonchev–Trinajstić information content (AvgIpc) is 3.13. The van der Waals surface area contributed by atoms with Gasteiger partial charge in [-0.2, -0.15) is 10.4 Å². The summed E-state index contributed by atoms with van der Waals surface area (Å²) in [4.78, 5) is 10.7. The Hall–Kier alpha value is -2.66. The lowest BCUT2D eigenvalue weighted by atomic mass is 10.1. The fourth-order valence-electron chi connectivity index (χ4n) is 2.35. The Kier molecular flexibility index (Phi) is 3.89. The number of nitrogens with one attached hydrogen (secondary N) is 1. The minimum atomic E-state index is 0.266. The molecule has 3 heterocycles. The number of rotatable bonds is 5. The lowest BCUT2D eigenvalue weighted by Gasteiger charge is -2.18. The van der Waals surface area contributed by atoms with Crippen LogP contribution in [0.25, 0.3) is 10.2 Å². The SMILES string of the molecule is CN(CCCc1[nH]nc(N)c1C#N)c1ncnc2ccsc12. The summed E-state index contributed by atoms with van der Waals surface area (Å²) in [6, 6.07) is 4.07. The summed E-state index contributed by atoms with van der Waals surface area (Å²) in [5.74, 6) is 1.20. The minimum Gasteiger partial charge on any atom is -0.381 e. The van der Waals surface area contributed by atoms with Crippen LogP contribution in [0.3, 0.4) is 0 Å². The molecule has 8 heteroatoms.